The fraction of sp³-hybridized carbons (Fsp3) is 0.389. The first kappa shape index (κ1) is 14.9. The summed E-state index contributed by atoms with van der Waals surface area (Å²) >= 11 is 0. The van der Waals surface area contributed by atoms with Crippen LogP contribution in [0.2, 0.25) is 0 Å². The van der Waals surface area contributed by atoms with Crippen molar-refractivity contribution in [1.29, 1.82) is 0 Å². The Labute approximate surface area is 139 Å². The molecule has 2 fully saturated rings. The molecule has 0 radical (unpaired) electrons. The number of rotatable bonds is 4. The molecule has 1 N–H and O–H groups in total. The molecule has 1 heterocycles. The Kier molecular flexibility index (Phi) is 3.40. The van der Waals surface area contributed by atoms with E-state index in [1.54, 1.807) is 24.3 Å². The molecule has 1 saturated heterocycles. The molecule has 4 atom stereocenters. The summed E-state index contributed by atoms with van der Waals surface area (Å²) in [5.41, 5.74) is 2.78. The predicted molar refractivity (Wildman–Crippen MR) is 84.6 cm³/mol. The zero-order valence-electron chi connectivity index (χ0n) is 13.3. The number of hydrogen-bond donors (Lipinski definition) is 1. The van der Waals surface area contributed by atoms with Crippen LogP contribution in [0.4, 0.5) is 0 Å². The Balaban J connectivity index is 1.55. The summed E-state index contributed by atoms with van der Waals surface area (Å²) in [4.78, 5) is 37.7. The molecule has 1 saturated carbocycles. The number of imide groups is 1. The maximum Gasteiger partial charge on any atom is 0.274 e. The van der Waals surface area contributed by atoms with Crippen LogP contribution in [0.1, 0.15) is 23.7 Å². The van der Waals surface area contributed by atoms with Crippen LogP contribution in [0, 0.1) is 23.7 Å². The van der Waals surface area contributed by atoms with Crippen molar-refractivity contribution < 1.29 is 19.1 Å². The third-order valence-electron chi connectivity index (χ3n) is 5.12. The molecular formula is C18H18N2O4. The number of nitrogens with zero attached hydrogens (tertiary/aromatic N) is 1. The van der Waals surface area contributed by atoms with E-state index in [9.17, 15) is 14.4 Å². The summed E-state index contributed by atoms with van der Waals surface area (Å²) < 4.78 is 5.44. The molecule has 1 aromatic carbocycles. The highest BCUT2D eigenvalue weighted by atomic mass is 16.5. The van der Waals surface area contributed by atoms with Crippen molar-refractivity contribution in [2.24, 2.45) is 23.7 Å². The van der Waals surface area contributed by atoms with Crippen molar-refractivity contribution in [1.82, 2.24) is 10.4 Å². The summed E-state index contributed by atoms with van der Waals surface area (Å²) in [6.45, 7) is 2.25. The lowest BCUT2D eigenvalue weighted by molar-refractivity contribution is -0.143. The van der Waals surface area contributed by atoms with Crippen LogP contribution in [0.15, 0.2) is 36.4 Å². The molecule has 1 aliphatic heterocycles. The topological polar surface area (TPSA) is 75.7 Å². The minimum absolute atomic E-state index is 0.120. The van der Waals surface area contributed by atoms with E-state index >= 15 is 0 Å². The quantitative estimate of drug-likeness (QED) is 0.673. The van der Waals surface area contributed by atoms with Crippen molar-refractivity contribution in [3.05, 3.63) is 42.0 Å². The summed E-state index contributed by atoms with van der Waals surface area (Å²) in [6, 6.07) is 6.77. The second kappa shape index (κ2) is 5.47. The van der Waals surface area contributed by atoms with Gasteiger partial charge in [-0.25, -0.2) is 0 Å². The number of amides is 3. The maximum absolute atomic E-state index is 12.6. The van der Waals surface area contributed by atoms with E-state index in [1.165, 1.54) is 0 Å². The van der Waals surface area contributed by atoms with Gasteiger partial charge in [0, 0.05) is 0 Å². The largest absolute Gasteiger partial charge is 0.493 e. The number of ether oxygens (including phenoxy) is 1. The Morgan fingerprint density at radius 3 is 2.42 bits per heavy atom. The van der Waals surface area contributed by atoms with Crippen LogP contribution in [0.25, 0.3) is 0 Å². The third kappa shape index (κ3) is 2.06. The molecule has 3 amide bonds. The molecule has 2 bridgehead atoms. The van der Waals surface area contributed by atoms with Crippen molar-refractivity contribution in [2.75, 3.05) is 6.61 Å². The zero-order chi connectivity index (χ0) is 16.8. The monoisotopic (exact) mass is 326 g/mol. The number of benzene rings is 1. The van der Waals surface area contributed by atoms with Gasteiger partial charge < -0.3 is 4.74 Å². The number of nitrogens with one attached hydrogen (secondary N) is 1. The molecule has 0 unspecified atom stereocenters. The van der Waals surface area contributed by atoms with E-state index in [0.717, 1.165) is 11.4 Å². The second-order valence-electron chi connectivity index (χ2n) is 6.38. The molecule has 1 aromatic rings. The lowest BCUT2D eigenvalue weighted by atomic mass is 9.85. The smallest absolute Gasteiger partial charge is 0.274 e. The van der Waals surface area contributed by atoms with Gasteiger partial charge >= 0.3 is 0 Å². The Bertz CT molecular complexity index is 727. The number of carbonyl (C=O) groups is 3. The summed E-state index contributed by atoms with van der Waals surface area (Å²) in [6.07, 6.45) is 4.90. The second-order valence-corrected chi connectivity index (χ2v) is 6.38. The van der Waals surface area contributed by atoms with Gasteiger partial charge in [-0.15, -0.1) is 0 Å². The summed E-state index contributed by atoms with van der Waals surface area (Å²) in [5, 5.41) is 0.909. The SMILES string of the molecule is CCOc1ccccc1C(=O)NN1C(=O)[C@@H]2[C@H](C1=O)[C@H]1C=C[C@H]2C1. The molecular weight excluding hydrogens is 308 g/mol. The average Bonchev–Trinajstić information content (AvgIpc) is 3.25. The van der Waals surface area contributed by atoms with Gasteiger partial charge in [0.15, 0.2) is 0 Å². The number of fused-ring (bicyclic) bond motifs is 5. The first-order chi connectivity index (χ1) is 11.6. The molecule has 0 spiro atoms. The highest BCUT2D eigenvalue weighted by Gasteiger charge is 2.59. The van der Waals surface area contributed by atoms with E-state index in [0.29, 0.717) is 17.9 Å². The van der Waals surface area contributed by atoms with Crippen LogP contribution < -0.4 is 10.2 Å². The van der Waals surface area contributed by atoms with E-state index in [-0.39, 0.29) is 35.5 Å². The molecule has 3 aliphatic rings. The molecule has 2 aliphatic carbocycles. The molecule has 6 heteroatoms. The number of allylic oxidation sites excluding steroid dienone is 2. The van der Waals surface area contributed by atoms with Crippen LogP contribution in [0.5, 0.6) is 5.75 Å². The van der Waals surface area contributed by atoms with Gasteiger partial charge in [0.05, 0.1) is 24.0 Å². The third-order valence-corrected chi connectivity index (χ3v) is 5.12. The van der Waals surface area contributed by atoms with E-state index in [1.807, 2.05) is 19.1 Å². The maximum atomic E-state index is 12.6. The predicted octanol–water partition coefficient (Wildman–Crippen LogP) is 1.54. The summed E-state index contributed by atoms with van der Waals surface area (Å²) in [7, 11) is 0. The van der Waals surface area contributed by atoms with Crippen LogP contribution in [-0.4, -0.2) is 29.3 Å². The first-order valence-electron chi connectivity index (χ1n) is 8.20. The fourth-order valence-corrected chi connectivity index (χ4v) is 4.11. The van der Waals surface area contributed by atoms with Gasteiger partial charge in [-0.05, 0) is 37.3 Å². The van der Waals surface area contributed by atoms with Crippen LogP contribution in [-0.2, 0) is 9.59 Å². The molecule has 6 nitrogen and oxygen atoms in total. The van der Waals surface area contributed by atoms with Gasteiger partial charge in [-0.3, -0.25) is 19.8 Å². The fourth-order valence-electron chi connectivity index (χ4n) is 4.11. The van der Waals surface area contributed by atoms with Gasteiger partial charge in [-0.2, -0.15) is 5.01 Å². The van der Waals surface area contributed by atoms with Gasteiger partial charge in [0.1, 0.15) is 5.75 Å². The highest BCUT2D eigenvalue weighted by molar-refractivity contribution is 6.09. The Morgan fingerprint density at radius 1 is 1.17 bits per heavy atom. The number of hydrazine groups is 1. The Morgan fingerprint density at radius 2 is 1.79 bits per heavy atom. The van der Waals surface area contributed by atoms with Gasteiger partial charge in [0.2, 0.25) is 0 Å². The van der Waals surface area contributed by atoms with Gasteiger partial charge in [-0.1, -0.05) is 24.3 Å². The van der Waals surface area contributed by atoms with Crippen LogP contribution in [0.3, 0.4) is 0 Å². The zero-order valence-corrected chi connectivity index (χ0v) is 13.3. The standard InChI is InChI=1S/C18H18N2O4/c1-2-24-13-6-4-3-5-12(13)16(21)19-20-17(22)14-10-7-8-11(9-10)15(14)18(20)23/h3-8,10-11,14-15H,2,9H2,1H3,(H,19,21)/t10-,11-,14-,15+/m0/s1. The number of hydrogen-bond acceptors (Lipinski definition) is 4. The normalized spacial score (nSPS) is 30.0. The molecule has 124 valence electrons. The first-order valence-corrected chi connectivity index (χ1v) is 8.20. The summed E-state index contributed by atoms with van der Waals surface area (Å²) in [5.74, 6) is -1.10. The number of para-hydroxylation sites is 1. The van der Waals surface area contributed by atoms with E-state index < -0.39 is 5.91 Å². The van der Waals surface area contributed by atoms with Crippen molar-refractivity contribution in [3.8, 4) is 5.75 Å². The highest BCUT2D eigenvalue weighted by Crippen LogP contribution is 2.52. The van der Waals surface area contributed by atoms with Crippen molar-refractivity contribution in [2.45, 2.75) is 13.3 Å². The van der Waals surface area contributed by atoms with E-state index in [2.05, 4.69) is 5.43 Å². The van der Waals surface area contributed by atoms with Crippen LogP contribution >= 0.6 is 0 Å². The lowest BCUT2D eigenvalue weighted by Gasteiger charge is -2.19. The molecule has 4 rings (SSSR count). The minimum Gasteiger partial charge on any atom is -0.493 e. The lowest BCUT2D eigenvalue weighted by Crippen LogP contribution is -2.47. The average molecular weight is 326 g/mol. The minimum atomic E-state index is -0.513. The Hall–Kier alpha value is -2.63. The van der Waals surface area contributed by atoms with Gasteiger partial charge in [0.25, 0.3) is 17.7 Å². The van der Waals surface area contributed by atoms with Crippen molar-refractivity contribution in [3.63, 3.8) is 0 Å². The number of carbonyl (C=O) groups excluding carboxylic acids is 3. The molecule has 24 heavy (non-hydrogen) atoms. The molecule has 0 aromatic heterocycles. The van der Waals surface area contributed by atoms with Crippen molar-refractivity contribution >= 4 is 17.7 Å². The van der Waals surface area contributed by atoms with E-state index in [4.69, 9.17) is 4.74 Å².